The second-order valence-corrected chi connectivity index (χ2v) is 22.5. The summed E-state index contributed by atoms with van der Waals surface area (Å²) >= 11 is 7.77. The van der Waals surface area contributed by atoms with Gasteiger partial charge in [-0.2, -0.15) is 0 Å². The molecule has 2 aliphatic rings. The third-order valence-electron chi connectivity index (χ3n) is 14.6. The maximum absolute atomic E-state index is 2.70. The Morgan fingerprint density at radius 1 is 0.329 bits per heavy atom. The molecule has 16 rings (SSSR count). The lowest BCUT2D eigenvalue weighted by Crippen LogP contribution is -2.59. The highest BCUT2D eigenvalue weighted by Crippen LogP contribution is 2.58. The van der Waals surface area contributed by atoms with Crippen LogP contribution in [0.15, 0.2) is 218 Å². The fourth-order valence-electron chi connectivity index (χ4n) is 11.7. The van der Waals surface area contributed by atoms with Gasteiger partial charge in [-0.1, -0.05) is 170 Å². The Hall–Kier alpha value is -7.72. The molecule has 0 amide bonds. The lowest BCUT2D eigenvalue weighted by molar-refractivity contribution is 1.17. The first-order chi connectivity index (χ1) is 34.8. The van der Waals surface area contributed by atoms with E-state index in [0.717, 1.165) is 5.69 Å². The molecule has 0 atom stereocenters. The Kier molecular flexibility index (Phi) is 8.33. The minimum atomic E-state index is -0.00592. The number of rotatable bonds is 5. The first kappa shape index (κ1) is 39.2. The summed E-state index contributed by atoms with van der Waals surface area (Å²) in [5.74, 6) is 0. The van der Waals surface area contributed by atoms with E-state index in [4.69, 9.17) is 0 Å². The maximum atomic E-state index is 2.70. The van der Waals surface area contributed by atoms with Crippen LogP contribution in [0.1, 0.15) is 0 Å². The van der Waals surface area contributed by atoms with Crippen molar-refractivity contribution in [2.75, 3.05) is 9.80 Å². The molecule has 14 aromatic rings. The van der Waals surface area contributed by atoms with Crippen molar-refractivity contribution in [2.24, 2.45) is 0 Å². The molecule has 7 heterocycles. The van der Waals surface area contributed by atoms with Crippen LogP contribution in [-0.4, -0.2) is 11.3 Å². The molecule has 2 aliphatic heterocycles. The van der Waals surface area contributed by atoms with Crippen LogP contribution in [0.2, 0.25) is 0 Å². The topological polar surface area (TPSA) is 11.4 Å². The van der Waals surface area contributed by atoms with Crippen molar-refractivity contribution in [3.05, 3.63) is 218 Å². The summed E-state index contributed by atoms with van der Waals surface area (Å²) in [6, 6.07) is 81.4. The van der Waals surface area contributed by atoms with Gasteiger partial charge in [-0.25, -0.2) is 0 Å². The summed E-state index contributed by atoms with van der Waals surface area (Å²) in [6.45, 7) is -0.00592. The number of fused-ring (bicyclic) bond motifs is 13. The van der Waals surface area contributed by atoms with E-state index in [2.05, 4.69) is 233 Å². The number of nitrogens with zero attached hydrogens (tertiary/aromatic N) is 3. The number of thiophene rings is 4. The van der Waals surface area contributed by atoms with E-state index >= 15 is 0 Å². The summed E-state index contributed by atoms with van der Waals surface area (Å²) < 4.78 is 10.5. The zero-order valence-electron chi connectivity index (χ0n) is 37.3. The fraction of sp³-hybridized carbons (Fsp3) is 0. The molecule has 0 saturated carbocycles. The molecule has 326 valence electrons. The molecular formula is C62H36BN3S4. The second-order valence-electron chi connectivity index (χ2n) is 18.3. The van der Waals surface area contributed by atoms with E-state index in [1.165, 1.54) is 132 Å². The van der Waals surface area contributed by atoms with Crippen LogP contribution in [0.4, 0.5) is 32.8 Å². The minimum absolute atomic E-state index is 0.00592. The van der Waals surface area contributed by atoms with Crippen molar-refractivity contribution >= 4 is 162 Å². The fourth-order valence-corrected chi connectivity index (χ4v) is 16.9. The molecule has 0 bridgehead atoms. The second kappa shape index (κ2) is 14.9. The van der Waals surface area contributed by atoms with E-state index in [9.17, 15) is 0 Å². The number of para-hydroxylation sites is 2. The van der Waals surface area contributed by atoms with Gasteiger partial charge in [0.2, 0.25) is 0 Å². The zero-order valence-corrected chi connectivity index (χ0v) is 40.6. The van der Waals surface area contributed by atoms with E-state index in [0.29, 0.717) is 0 Å². The van der Waals surface area contributed by atoms with Crippen LogP contribution >= 0.6 is 45.3 Å². The first-order valence-corrected chi connectivity index (χ1v) is 27.0. The molecule has 0 unspecified atom stereocenters. The average Bonchev–Trinajstić information content (AvgIpc) is 4.25. The van der Waals surface area contributed by atoms with Gasteiger partial charge in [-0.05, 0) is 65.1 Å². The highest BCUT2D eigenvalue weighted by molar-refractivity contribution is 7.41. The smallest absolute Gasteiger partial charge is 0.277 e. The van der Waals surface area contributed by atoms with Crippen molar-refractivity contribution < 1.29 is 0 Å². The Labute approximate surface area is 419 Å². The number of hydrogen-bond acceptors (Lipinski definition) is 6. The van der Waals surface area contributed by atoms with Gasteiger partial charge in [0.15, 0.2) is 0 Å². The quantitative estimate of drug-likeness (QED) is 0.159. The van der Waals surface area contributed by atoms with Gasteiger partial charge in [0.05, 0.1) is 28.1 Å². The molecule has 3 nitrogen and oxygen atoms in total. The molecule has 0 radical (unpaired) electrons. The number of benzene rings is 9. The summed E-state index contributed by atoms with van der Waals surface area (Å²) in [5, 5.41) is 10.1. The van der Waals surface area contributed by atoms with Crippen LogP contribution in [0.25, 0.3) is 90.1 Å². The lowest BCUT2D eigenvalue weighted by atomic mass is 9.39. The van der Waals surface area contributed by atoms with Crippen LogP contribution in [-0.2, 0) is 0 Å². The van der Waals surface area contributed by atoms with Crippen molar-refractivity contribution in [3.63, 3.8) is 0 Å². The van der Waals surface area contributed by atoms with Crippen LogP contribution in [0.3, 0.4) is 0 Å². The predicted octanol–water partition coefficient (Wildman–Crippen LogP) is 17.1. The SMILES string of the molecule is c1ccc(-c2c(N3c4cc(-n5c6ccccc6c6ccccc65)cc5c4B(c4sc6ccccc6c43)c3sc4ccccc4c3N5c3sc4ccccc4c3-c3ccccc3)sc3ccccc23)cc1. The van der Waals surface area contributed by atoms with Gasteiger partial charge >= 0.3 is 0 Å². The minimum Gasteiger partial charge on any atom is -0.309 e. The largest absolute Gasteiger partial charge is 0.309 e. The zero-order chi connectivity index (χ0) is 45.6. The van der Waals surface area contributed by atoms with Gasteiger partial charge in [0, 0.05) is 83.2 Å². The Morgan fingerprint density at radius 3 is 1.13 bits per heavy atom. The van der Waals surface area contributed by atoms with E-state index in [1.807, 2.05) is 45.3 Å². The third kappa shape index (κ3) is 5.39. The highest BCUT2D eigenvalue weighted by Gasteiger charge is 2.48. The molecule has 5 aromatic heterocycles. The Bertz CT molecular complexity index is 4180. The Balaban J connectivity index is 1.12. The van der Waals surface area contributed by atoms with Gasteiger partial charge in [-0.15, -0.1) is 45.3 Å². The van der Waals surface area contributed by atoms with Crippen molar-refractivity contribution in [3.8, 4) is 27.9 Å². The molecule has 0 spiro atoms. The van der Waals surface area contributed by atoms with Crippen LogP contribution in [0, 0.1) is 0 Å². The monoisotopic (exact) mass is 961 g/mol. The number of anilines is 6. The predicted molar refractivity (Wildman–Crippen MR) is 307 cm³/mol. The summed E-state index contributed by atoms with van der Waals surface area (Å²) in [5.41, 5.74) is 14.8. The standard InChI is InChI=1S/C62H36BN3S4/c1-3-19-37(20-4-1)54-42-25-9-15-31-50(42)69-61(54)65-48-35-39(64-46-29-13-7-23-40(46)41-24-8-14-30-47(41)64)36-49-56(48)63(59-57(65)44-27-11-17-33-52(44)67-59)60-58(45-28-12-18-34-53(45)68-60)66(49)62-55(38-21-5-2-6-22-38)43-26-10-16-32-51(43)70-62/h1-36H. The normalized spacial score (nSPS) is 13.1. The molecule has 0 aliphatic carbocycles. The summed E-state index contributed by atoms with van der Waals surface area (Å²) in [6.07, 6.45) is 0. The Morgan fingerprint density at radius 2 is 0.686 bits per heavy atom. The average molecular weight is 962 g/mol. The maximum Gasteiger partial charge on any atom is 0.277 e. The molecular weight excluding hydrogens is 926 g/mol. The molecule has 70 heavy (non-hydrogen) atoms. The summed E-state index contributed by atoms with van der Waals surface area (Å²) in [7, 11) is 0. The molecule has 0 fully saturated rings. The van der Waals surface area contributed by atoms with Crippen molar-refractivity contribution in [1.82, 2.24) is 4.57 Å². The van der Waals surface area contributed by atoms with E-state index in [-0.39, 0.29) is 6.71 Å². The molecule has 8 heteroatoms. The van der Waals surface area contributed by atoms with E-state index in [1.54, 1.807) is 0 Å². The summed E-state index contributed by atoms with van der Waals surface area (Å²) in [4.78, 5) is 5.40. The molecule has 0 N–H and O–H groups in total. The lowest BCUT2D eigenvalue weighted by Gasteiger charge is -2.42. The van der Waals surface area contributed by atoms with E-state index < -0.39 is 0 Å². The van der Waals surface area contributed by atoms with Crippen LogP contribution < -0.4 is 24.8 Å². The first-order valence-electron chi connectivity index (χ1n) is 23.7. The van der Waals surface area contributed by atoms with Gasteiger partial charge in [0.25, 0.3) is 6.71 Å². The van der Waals surface area contributed by atoms with Crippen LogP contribution in [0.5, 0.6) is 0 Å². The molecule has 0 saturated heterocycles. The molecule has 9 aromatic carbocycles. The van der Waals surface area contributed by atoms with Gasteiger partial charge in [-0.3, -0.25) is 0 Å². The number of hydrogen-bond donors (Lipinski definition) is 0. The number of aromatic nitrogens is 1. The third-order valence-corrected chi connectivity index (χ3v) is 19.3. The van der Waals surface area contributed by atoms with Crippen molar-refractivity contribution in [1.29, 1.82) is 0 Å². The van der Waals surface area contributed by atoms with Crippen molar-refractivity contribution in [2.45, 2.75) is 0 Å². The van der Waals surface area contributed by atoms with Gasteiger partial charge in [0.1, 0.15) is 10.0 Å². The van der Waals surface area contributed by atoms with Gasteiger partial charge < -0.3 is 14.4 Å². The highest BCUT2D eigenvalue weighted by atomic mass is 32.1.